The Morgan fingerprint density at radius 2 is 1.47 bits per heavy atom. The van der Waals surface area contributed by atoms with Gasteiger partial charge in [-0.3, -0.25) is 13.9 Å². The zero-order chi connectivity index (χ0) is 31.0. The van der Waals surface area contributed by atoms with Crippen molar-refractivity contribution in [3.63, 3.8) is 0 Å². The molecule has 2 amide bonds. The molecule has 1 atom stereocenters. The number of para-hydroxylation sites is 1. The van der Waals surface area contributed by atoms with Crippen LogP contribution < -0.4 is 14.4 Å². The topological polar surface area (TPSA) is 96.0 Å². The number of ether oxygens (including phenoxy) is 1. The van der Waals surface area contributed by atoms with Gasteiger partial charge in [0.15, 0.2) is 0 Å². The van der Waals surface area contributed by atoms with E-state index in [1.165, 1.54) is 11.9 Å². The minimum absolute atomic E-state index is 0.0544. The lowest BCUT2D eigenvalue weighted by Gasteiger charge is -2.33. The minimum atomic E-state index is -3.91. The van der Waals surface area contributed by atoms with Gasteiger partial charge in [-0.25, -0.2) is 8.42 Å². The van der Waals surface area contributed by atoms with E-state index in [0.717, 1.165) is 16.1 Å². The lowest BCUT2D eigenvalue weighted by Crippen LogP contribution is -2.52. The number of anilines is 1. The van der Waals surface area contributed by atoms with Crippen LogP contribution in [-0.2, 0) is 32.6 Å². The fourth-order valence-corrected chi connectivity index (χ4v) is 5.79. The van der Waals surface area contributed by atoms with Crippen molar-refractivity contribution in [1.29, 1.82) is 0 Å². The maximum atomic E-state index is 14.1. The van der Waals surface area contributed by atoms with E-state index in [1.807, 2.05) is 48.5 Å². The number of carbonyl (C=O) groups is 2. The van der Waals surface area contributed by atoms with E-state index < -0.39 is 34.4 Å². The minimum Gasteiger partial charge on any atom is -0.457 e. The van der Waals surface area contributed by atoms with Crippen molar-refractivity contribution in [1.82, 2.24) is 10.2 Å². The number of nitrogens with one attached hydrogen (secondary N) is 1. The summed E-state index contributed by atoms with van der Waals surface area (Å²) in [5.74, 6) is 0.123. The highest BCUT2D eigenvalue weighted by molar-refractivity contribution is 7.92. The van der Waals surface area contributed by atoms with Gasteiger partial charge in [-0.05, 0) is 59.7 Å². The Hall–Kier alpha value is -4.05. The van der Waals surface area contributed by atoms with Gasteiger partial charge in [0, 0.05) is 30.1 Å². The number of benzene rings is 4. The first-order valence-electron chi connectivity index (χ1n) is 13.3. The Kier molecular flexibility index (Phi) is 10.7. The number of rotatable bonds is 12. The molecule has 0 aliphatic rings. The van der Waals surface area contributed by atoms with Crippen LogP contribution in [0.15, 0.2) is 103 Å². The largest absolute Gasteiger partial charge is 0.457 e. The van der Waals surface area contributed by atoms with Crippen LogP contribution in [0.3, 0.4) is 0 Å². The van der Waals surface area contributed by atoms with Crippen LogP contribution >= 0.6 is 23.2 Å². The molecule has 0 aromatic heterocycles. The normalized spacial score (nSPS) is 11.8. The van der Waals surface area contributed by atoms with Crippen LogP contribution in [0, 0.1) is 0 Å². The fraction of sp³-hybridized carbons (Fsp3) is 0.188. The van der Waals surface area contributed by atoms with Crippen LogP contribution in [-0.4, -0.2) is 51.0 Å². The maximum Gasteiger partial charge on any atom is 0.244 e. The number of likely N-dealkylation sites (N-methyl/N-ethyl adjacent to an activating group) is 1. The Morgan fingerprint density at radius 1 is 0.860 bits per heavy atom. The number of nitrogens with zero attached hydrogens (tertiary/aromatic N) is 2. The van der Waals surface area contributed by atoms with Gasteiger partial charge in [-0.2, -0.15) is 0 Å². The molecule has 224 valence electrons. The summed E-state index contributed by atoms with van der Waals surface area (Å²) in [4.78, 5) is 28.6. The summed E-state index contributed by atoms with van der Waals surface area (Å²) in [6.45, 7) is -0.605. The van der Waals surface area contributed by atoms with Crippen molar-refractivity contribution in [2.75, 3.05) is 24.2 Å². The predicted octanol–water partition coefficient (Wildman–Crippen LogP) is 5.94. The summed E-state index contributed by atoms with van der Waals surface area (Å²) >= 11 is 12.6. The lowest BCUT2D eigenvalue weighted by atomic mass is 10.0. The average Bonchev–Trinajstić information content (AvgIpc) is 2.99. The molecule has 4 rings (SSSR count). The Bertz CT molecular complexity index is 1650. The SMILES string of the molecule is CNC(=O)C(Cc1ccccc1)N(Cc1ccc(Cl)cc1Cl)C(=O)CN(c1ccc(Oc2ccccc2)cc1)S(C)(=O)=O. The number of hydrogen-bond donors (Lipinski definition) is 1. The van der Waals surface area contributed by atoms with Crippen molar-refractivity contribution in [3.05, 3.63) is 124 Å². The van der Waals surface area contributed by atoms with E-state index in [2.05, 4.69) is 5.32 Å². The summed E-state index contributed by atoms with van der Waals surface area (Å²) in [7, 11) is -2.43. The van der Waals surface area contributed by atoms with Crippen LogP contribution in [0.5, 0.6) is 11.5 Å². The highest BCUT2D eigenvalue weighted by Gasteiger charge is 2.33. The summed E-state index contributed by atoms with van der Waals surface area (Å²) in [6, 6.07) is 28.7. The van der Waals surface area contributed by atoms with Gasteiger partial charge in [0.1, 0.15) is 24.1 Å². The van der Waals surface area contributed by atoms with Gasteiger partial charge in [0.05, 0.1) is 11.9 Å². The first-order valence-corrected chi connectivity index (χ1v) is 15.9. The molecular weight excluding hydrogens is 609 g/mol. The van der Waals surface area contributed by atoms with E-state index in [1.54, 1.807) is 54.6 Å². The van der Waals surface area contributed by atoms with Crippen LogP contribution in [0.4, 0.5) is 5.69 Å². The second-order valence-electron chi connectivity index (χ2n) is 9.76. The molecule has 1 unspecified atom stereocenters. The van der Waals surface area contributed by atoms with Gasteiger partial charge in [0.25, 0.3) is 0 Å². The molecule has 1 N–H and O–H groups in total. The second kappa shape index (κ2) is 14.4. The third-order valence-electron chi connectivity index (χ3n) is 6.66. The van der Waals surface area contributed by atoms with Gasteiger partial charge in [0.2, 0.25) is 21.8 Å². The molecule has 0 saturated heterocycles. The highest BCUT2D eigenvalue weighted by atomic mass is 35.5. The van der Waals surface area contributed by atoms with E-state index in [0.29, 0.717) is 27.1 Å². The molecule has 0 heterocycles. The third-order valence-corrected chi connectivity index (χ3v) is 8.38. The van der Waals surface area contributed by atoms with Crippen molar-refractivity contribution in [3.8, 4) is 11.5 Å². The molecule has 0 aliphatic heterocycles. The molecule has 0 saturated carbocycles. The Labute approximate surface area is 261 Å². The monoisotopic (exact) mass is 639 g/mol. The fourth-order valence-electron chi connectivity index (χ4n) is 4.47. The molecule has 4 aromatic rings. The standard InChI is InChI=1S/C32H31Cl2N3O5S/c1-35-32(39)30(19-23-9-5-3-6-10-23)36(21-24-13-14-25(33)20-29(24)34)31(38)22-37(43(2,40)41)26-15-17-28(18-16-26)42-27-11-7-4-8-12-27/h3-18,20,30H,19,21-22H2,1-2H3,(H,35,39). The zero-order valence-corrected chi connectivity index (χ0v) is 25.9. The predicted molar refractivity (Wildman–Crippen MR) is 170 cm³/mol. The van der Waals surface area contributed by atoms with Crippen LogP contribution in [0.25, 0.3) is 0 Å². The molecule has 0 spiro atoms. The van der Waals surface area contributed by atoms with Crippen molar-refractivity contribution >= 4 is 50.7 Å². The second-order valence-corrected chi connectivity index (χ2v) is 12.5. The van der Waals surface area contributed by atoms with Gasteiger partial charge >= 0.3 is 0 Å². The van der Waals surface area contributed by atoms with Gasteiger partial charge < -0.3 is 15.0 Å². The molecule has 0 bridgehead atoms. The molecule has 0 radical (unpaired) electrons. The van der Waals surface area contributed by atoms with Crippen molar-refractivity contribution in [2.24, 2.45) is 0 Å². The molecule has 0 fully saturated rings. The Balaban J connectivity index is 1.67. The van der Waals surface area contributed by atoms with E-state index in [-0.39, 0.29) is 18.7 Å². The smallest absolute Gasteiger partial charge is 0.244 e. The van der Waals surface area contributed by atoms with E-state index in [9.17, 15) is 18.0 Å². The number of sulfonamides is 1. The van der Waals surface area contributed by atoms with Gasteiger partial charge in [-0.1, -0.05) is 77.8 Å². The highest BCUT2D eigenvalue weighted by Crippen LogP contribution is 2.27. The molecular formula is C32H31Cl2N3O5S. The molecule has 11 heteroatoms. The first-order chi connectivity index (χ1) is 20.5. The zero-order valence-electron chi connectivity index (χ0n) is 23.6. The molecule has 4 aromatic carbocycles. The quantitative estimate of drug-likeness (QED) is 0.207. The molecule has 8 nitrogen and oxygen atoms in total. The van der Waals surface area contributed by atoms with Crippen molar-refractivity contribution in [2.45, 2.75) is 19.0 Å². The Morgan fingerprint density at radius 3 is 2.05 bits per heavy atom. The third kappa shape index (κ3) is 8.73. The molecule has 43 heavy (non-hydrogen) atoms. The van der Waals surface area contributed by atoms with Crippen molar-refractivity contribution < 1.29 is 22.7 Å². The number of hydrogen-bond acceptors (Lipinski definition) is 5. The summed E-state index contributed by atoms with van der Waals surface area (Å²) < 4.78 is 32.8. The average molecular weight is 641 g/mol. The summed E-state index contributed by atoms with van der Waals surface area (Å²) in [5.41, 5.74) is 1.64. The summed E-state index contributed by atoms with van der Waals surface area (Å²) in [6.07, 6.45) is 1.22. The van der Waals surface area contributed by atoms with Crippen LogP contribution in [0.2, 0.25) is 10.0 Å². The maximum absolute atomic E-state index is 14.1. The number of halogens is 2. The van der Waals surface area contributed by atoms with Crippen LogP contribution in [0.1, 0.15) is 11.1 Å². The summed E-state index contributed by atoms with van der Waals surface area (Å²) in [5, 5.41) is 3.37. The number of carbonyl (C=O) groups excluding carboxylic acids is 2. The number of amides is 2. The lowest BCUT2D eigenvalue weighted by molar-refractivity contribution is -0.139. The van der Waals surface area contributed by atoms with E-state index >= 15 is 0 Å². The van der Waals surface area contributed by atoms with Gasteiger partial charge in [-0.15, -0.1) is 0 Å². The molecule has 0 aliphatic carbocycles. The van der Waals surface area contributed by atoms with E-state index in [4.69, 9.17) is 27.9 Å². The first kappa shape index (κ1) is 31.9.